The lowest BCUT2D eigenvalue weighted by atomic mass is 9.89. The van der Waals surface area contributed by atoms with Crippen molar-refractivity contribution in [1.29, 1.82) is 10.8 Å². The summed E-state index contributed by atoms with van der Waals surface area (Å²) in [7, 11) is 0. The summed E-state index contributed by atoms with van der Waals surface area (Å²) in [5.41, 5.74) is 6.65. The summed E-state index contributed by atoms with van der Waals surface area (Å²) in [4.78, 5) is 15.7. The van der Waals surface area contributed by atoms with Crippen molar-refractivity contribution in [1.82, 2.24) is 20.0 Å². The van der Waals surface area contributed by atoms with Crippen molar-refractivity contribution < 1.29 is 4.79 Å². The average Bonchev–Trinajstić information content (AvgIpc) is 3.42. The largest absolute Gasteiger partial charge is 0.353 e. The minimum Gasteiger partial charge on any atom is -0.353 e. The highest BCUT2D eigenvalue weighted by molar-refractivity contribution is 6.34. The molecule has 0 radical (unpaired) electrons. The van der Waals surface area contributed by atoms with E-state index in [1.165, 1.54) is 6.08 Å². The Hall–Kier alpha value is -3.97. The predicted octanol–water partition coefficient (Wildman–Crippen LogP) is 5.88. The maximum absolute atomic E-state index is 12.0. The van der Waals surface area contributed by atoms with Crippen molar-refractivity contribution in [3.05, 3.63) is 88.6 Å². The lowest BCUT2D eigenvalue weighted by molar-refractivity contribution is -0.127. The molecule has 0 unspecified atom stereocenters. The summed E-state index contributed by atoms with van der Waals surface area (Å²) in [5.74, 6) is 0.221. The summed E-state index contributed by atoms with van der Waals surface area (Å²) in [6, 6.07) is 7.83. The second kappa shape index (κ2) is 10.8. The molecule has 3 aromatic rings. The second-order valence-corrected chi connectivity index (χ2v) is 10.2. The molecule has 2 heterocycles. The zero-order valence-corrected chi connectivity index (χ0v) is 22.2. The number of hydrogen-bond acceptors (Lipinski definition) is 4. The van der Waals surface area contributed by atoms with Crippen LogP contribution in [0.4, 0.5) is 0 Å². The SMILES string of the molecule is C=CC(=O)N1CCN(C(=N)c2cc(Cl)c(-c3c(C)ccc4[nH]ncc34)cc2C(=N)CC2=CCCC=C2)CC1. The first-order chi connectivity index (χ1) is 18.4. The number of carbonyl (C=O) groups is 1. The summed E-state index contributed by atoms with van der Waals surface area (Å²) >= 11 is 6.94. The van der Waals surface area contributed by atoms with Crippen LogP contribution in [0.15, 0.2) is 66.9 Å². The molecular weight excluding hydrogens is 496 g/mol. The van der Waals surface area contributed by atoms with Gasteiger partial charge in [0.05, 0.1) is 11.7 Å². The molecule has 1 amide bonds. The van der Waals surface area contributed by atoms with E-state index in [0.717, 1.165) is 46.0 Å². The molecule has 2 aromatic carbocycles. The molecule has 0 bridgehead atoms. The Morgan fingerprint density at radius 2 is 1.89 bits per heavy atom. The van der Waals surface area contributed by atoms with Gasteiger partial charge in [-0.25, -0.2) is 0 Å². The van der Waals surface area contributed by atoms with E-state index in [2.05, 4.69) is 35.0 Å². The van der Waals surface area contributed by atoms with Gasteiger partial charge in [-0.2, -0.15) is 5.10 Å². The van der Waals surface area contributed by atoms with Gasteiger partial charge in [-0.3, -0.25) is 15.3 Å². The van der Waals surface area contributed by atoms with Crippen molar-refractivity contribution in [2.45, 2.75) is 26.2 Å². The van der Waals surface area contributed by atoms with Crippen molar-refractivity contribution in [3.63, 3.8) is 0 Å². The zero-order chi connectivity index (χ0) is 26.8. The van der Waals surface area contributed by atoms with Crippen molar-refractivity contribution in [3.8, 4) is 11.1 Å². The lowest BCUT2D eigenvalue weighted by Gasteiger charge is -2.36. The first-order valence-corrected chi connectivity index (χ1v) is 13.2. The van der Waals surface area contributed by atoms with E-state index in [1.807, 2.05) is 36.1 Å². The van der Waals surface area contributed by atoms with E-state index in [9.17, 15) is 4.79 Å². The molecule has 7 nitrogen and oxygen atoms in total. The van der Waals surface area contributed by atoms with Gasteiger partial charge in [-0.1, -0.05) is 42.5 Å². The van der Waals surface area contributed by atoms with Gasteiger partial charge in [0.2, 0.25) is 5.91 Å². The highest BCUT2D eigenvalue weighted by atomic mass is 35.5. The van der Waals surface area contributed by atoms with E-state index in [-0.39, 0.29) is 5.91 Å². The van der Waals surface area contributed by atoms with Crippen LogP contribution in [0.2, 0.25) is 5.02 Å². The van der Waals surface area contributed by atoms with Crippen LogP contribution in [-0.2, 0) is 4.79 Å². The van der Waals surface area contributed by atoms with Gasteiger partial charge in [0.1, 0.15) is 5.84 Å². The molecule has 38 heavy (non-hydrogen) atoms. The molecule has 0 spiro atoms. The van der Waals surface area contributed by atoms with Gasteiger partial charge in [0.15, 0.2) is 0 Å². The number of H-pyrrole nitrogens is 1. The van der Waals surface area contributed by atoms with Crippen LogP contribution in [0.1, 0.15) is 36.0 Å². The number of carbonyl (C=O) groups excluding carboxylic acids is 1. The Kier molecular flexibility index (Phi) is 7.29. The van der Waals surface area contributed by atoms with Gasteiger partial charge in [0.25, 0.3) is 0 Å². The van der Waals surface area contributed by atoms with E-state index >= 15 is 0 Å². The maximum atomic E-state index is 12.0. The molecule has 1 aliphatic heterocycles. The molecule has 0 saturated carbocycles. The number of amides is 1. The van der Waals surface area contributed by atoms with E-state index in [1.54, 1.807) is 11.1 Å². The van der Waals surface area contributed by atoms with Crippen LogP contribution in [-0.4, -0.2) is 63.6 Å². The fourth-order valence-corrected chi connectivity index (χ4v) is 5.50. The third-order valence-corrected chi connectivity index (χ3v) is 7.64. The number of fused-ring (bicyclic) bond motifs is 1. The summed E-state index contributed by atoms with van der Waals surface area (Å²) < 4.78 is 0. The molecular formula is C30H31ClN6O. The number of halogens is 1. The summed E-state index contributed by atoms with van der Waals surface area (Å²) in [6.07, 6.45) is 12.0. The fraction of sp³-hybridized carbons (Fsp3) is 0.267. The lowest BCUT2D eigenvalue weighted by Crippen LogP contribution is -2.50. The van der Waals surface area contributed by atoms with Gasteiger partial charge >= 0.3 is 0 Å². The number of nitrogens with zero attached hydrogens (tertiary/aromatic N) is 3. The van der Waals surface area contributed by atoms with E-state index in [0.29, 0.717) is 60.3 Å². The molecule has 1 saturated heterocycles. The summed E-state index contributed by atoms with van der Waals surface area (Å²) in [6.45, 7) is 7.73. The molecule has 0 atom stereocenters. The van der Waals surface area contributed by atoms with Gasteiger partial charge in [0, 0.05) is 65.4 Å². The third-order valence-electron chi connectivity index (χ3n) is 7.32. The first-order valence-electron chi connectivity index (χ1n) is 12.8. The van der Waals surface area contributed by atoms with E-state index < -0.39 is 0 Å². The monoisotopic (exact) mass is 526 g/mol. The number of nitrogens with one attached hydrogen (secondary N) is 3. The maximum Gasteiger partial charge on any atom is 0.246 e. The number of benzene rings is 2. The van der Waals surface area contributed by atoms with Crippen LogP contribution in [0.3, 0.4) is 0 Å². The molecule has 1 fully saturated rings. The first kappa shape index (κ1) is 25.7. The Morgan fingerprint density at radius 3 is 2.61 bits per heavy atom. The van der Waals surface area contributed by atoms with Crippen LogP contribution < -0.4 is 0 Å². The van der Waals surface area contributed by atoms with Gasteiger partial charge in [-0.15, -0.1) is 0 Å². The van der Waals surface area contributed by atoms with Crippen LogP contribution in [0, 0.1) is 17.7 Å². The minimum atomic E-state index is -0.0938. The predicted molar refractivity (Wildman–Crippen MR) is 154 cm³/mol. The minimum absolute atomic E-state index is 0.0938. The number of aryl methyl sites for hydroxylation is 1. The number of aromatic amines is 1. The average molecular weight is 527 g/mol. The smallest absolute Gasteiger partial charge is 0.246 e. The molecule has 1 aromatic heterocycles. The number of rotatable bonds is 6. The summed E-state index contributed by atoms with van der Waals surface area (Å²) in [5, 5.41) is 27.0. The molecule has 8 heteroatoms. The van der Waals surface area contributed by atoms with E-state index in [4.69, 9.17) is 22.4 Å². The van der Waals surface area contributed by atoms with Gasteiger partial charge < -0.3 is 15.2 Å². The number of allylic oxidation sites excluding steroid dienone is 4. The Labute approximate surface area is 227 Å². The molecule has 3 N–H and O–H groups in total. The molecule has 5 rings (SSSR count). The standard InChI is InChI=1S/C30H31ClN6O/c1-3-28(38)36-11-13-37(14-12-36)30(33)22-17-25(31)23(29-19(2)9-10-27-24(29)18-34-35-27)16-21(22)26(32)15-20-7-5-4-6-8-20/h3,5,7-10,16-18,32-33H,1,4,6,11-15H2,2H3,(H,34,35). The fourth-order valence-electron chi connectivity index (χ4n) is 5.24. The van der Waals surface area contributed by atoms with Crippen molar-refractivity contribution in [2.75, 3.05) is 26.2 Å². The highest BCUT2D eigenvalue weighted by Gasteiger charge is 2.26. The Balaban J connectivity index is 1.56. The topological polar surface area (TPSA) is 99.9 Å². The molecule has 194 valence electrons. The second-order valence-electron chi connectivity index (χ2n) is 9.75. The normalized spacial score (nSPS) is 15.5. The molecule has 1 aliphatic carbocycles. The van der Waals surface area contributed by atoms with Crippen molar-refractivity contribution >= 4 is 40.0 Å². The van der Waals surface area contributed by atoms with Crippen LogP contribution >= 0.6 is 11.6 Å². The zero-order valence-electron chi connectivity index (χ0n) is 21.5. The Morgan fingerprint density at radius 1 is 1.13 bits per heavy atom. The van der Waals surface area contributed by atoms with Gasteiger partial charge in [-0.05, 0) is 60.7 Å². The van der Waals surface area contributed by atoms with Crippen molar-refractivity contribution in [2.24, 2.45) is 0 Å². The van der Waals surface area contributed by atoms with Crippen LogP contribution in [0.5, 0.6) is 0 Å². The quantitative estimate of drug-likeness (QED) is 0.212. The highest BCUT2D eigenvalue weighted by Crippen LogP contribution is 2.38. The Bertz CT molecular complexity index is 1510. The molecule has 2 aliphatic rings. The van der Waals surface area contributed by atoms with Crippen LogP contribution in [0.25, 0.3) is 22.0 Å². The number of amidine groups is 1. The third kappa shape index (κ3) is 4.94. The number of piperazine rings is 1. The number of aromatic nitrogens is 2. The number of hydrogen-bond donors (Lipinski definition) is 3.